The fraction of sp³-hybridized carbons (Fsp3) is 0.147. The number of aromatic nitrogens is 2. The number of carbonyl (C=O) groups is 2. The number of anilines is 1. The summed E-state index contributed by atoms with van der Waals surface area (Å²) in [5.41, 5.74) is 5.65. The molecule has 0 bridgehead atoms. The molecule has 5 aromatic rings. The van der Waals surface area contributed by atoms with E-state index in [1.54, 1.807) is 30.5 Å². The van der Waals surface area contributed by atoms with Gasteiger partial charge in [0.25, 0.3) is 0 Å². The van der Waals surface area contributed by atoms with Crippen molar-refractivity contribution in [2.75, 3.05) is 11.9 Å². The summed E-state index contributed by atoms with van der Waals surface area (Å²) in [5, 5.41) is 12.8. The lowest BCUT2D eigenvalue weighted by Crippen LogP contribution is -2.11. The van der Waals surface area contributed by atoms with Gasteiger partial charge in [0.15, 0.2) is 0 Å². The van der Waals surface area contributed by atoms with Crippen LogP contribution in [0.15, 0.2) is 116 Å². The lowest BCUT2D eigenvalue weighted by Gasteiger charge is -2.21. The molecule has 0 spiro atoms. The maximum absolute atomic E-state index is 12.9. The number of amides is 1. The number of para-hydroxylation sites is 2. The zero-order chi connectivity index (χ0) is 28.6. The molecule has 3 aromatic carbocycles. The van der Waals surface area contributed by atoms with E-state index in [0.717, 1.165) is 27.6 Å². The molecule has 2 N–H and O–H groups in total. The van der Waals surface area contributed by atoms with Gasteiger partial charge >= 0.3 is 5.97 Å². The average molecular weight is 546 g/mol. The topological polar surface area (TPSA) is 93.5 Å². The van der Waals surface area contributed by atoms with Gasteiger partial charge in [-0.25, -0.2) is 0 Å². The standard InChI is InChI=1S/C34H31N3O4/c1-24(21-32(38)36-29-12-5-6-13-31(29)41-20-8-14-33(39)40)26-15-16-30-27(22-26)17-19-37(30)34(25-9-3-2-4-10-25)28-11-7-18-35-23-28/h2-7,9-13,15-19,21-23,34H,8,14,20H2,1H3,(H,36,38)(H,39,40)/b24-21+. The van der Waals surface area contributed by atoms with Gasteiger partial charge in [-0.15, -0.1) is 0 Å². The summed E-state index contributed by atoms with van der Waals surface area (Å²) in [4.78, 5) is 28.0. The number of hydrogen-bond donors (Lipinski definition) is 2. The van der Waals surface area contributed by atoms with Crippen LogP contribution in [0.3, 0.4) is 0 Å². The molecular weight excluding hydrogens is 514 g/mol. The van der Waals surface area contributed by atoms with E-state index in [0.29, 0.717) is 17.9 Å². The summed E-state index contributed by atoms with van der Waals surface area (Å²) >= 11 is 0. The minimum atomic E-state index is -0.866. The summed E-state index contributed by atoms with van der Waals surface area (Å²) in [6.45, 7) is 2.16. The van der Waals surface area contributed by atoms with E-state index in [1.807, 2.05) is 49.5 Å². The maximum Gasteiger partial charge on any atom is 0.303 e. The van der Waals surface area contributed by atoms with Crippen LogP contribution < -0.4 is 10.1 Å². The van der Waals surface area contributed by atoms with Gasteiger partial charge in [-0.2, -0.15) is 0 Å². The normalized spacial score (nSPS) is 12.2. The Morgan fingerprint density at radius 1 is 0.976 bits per heavy atom. The van der Waals surface area contributed by atoms with Crippen LogP contribution in [0.2, 0.25) is 0 Å². The predicted octanol–water partition coefficient (Wildman–Crippen LogP) is 6.96. The van der Waals surface area contributed by atoms with Gasteiger partial charge in [0.05, 0.1) is 18.3 Å². The number of nitrogens with one attached hydrogen (secondary N) is 1. The highest BCUT2D eigenvalue weighted by Crippen LogP contribution is 2.32. The quantitative estimate of drug-likeness (QED) is 0.138. The van der Waals surface area contributed by atoms with E-state index in [2.05, 4.69) is 57.5 Å². The maximum atomic E-state index is 12.9. The van der Waals surface area contributed by atoms with Crippen molar-refractivity contribution in [1.82, 2.24) is 9.55 Å². The molecule has 206 valence electrons. The second-order valence-corrected chi connectivity index (χ2v) is 9.75. The van der Waals surface area contributed by atoms with E-state index in [-0.39, 0.29) is 25.0 Å². The number of ether oxygens (including phenoxy) is 1. The summed E-state index contributed by atoms with van der Waals surface area (Å²) < 4.78 is 7.96. The molecule has 5 rings (SSSR count). The minimum Gasteiger partial charge on any atom is -0.491 e. The Hall–Kier alpha value is -5.17. The Bertz CT molecular complexity index is 1640. The van der Waals surface area contributed by atoms with E-state index >= 15 is 0 Å². The smallest absolute Gasteiger partial charge is 0.303 e. The van der Waals surface area contributed by atoms with Crippen molar-refractivity contribution in [3.63, 3.8) is 0 Å². The number of allylic oxidation sites excluding steroid dienone is 1. The van der Waals surface area contributed by atoms with Crippen LogP contribution in [0.25, 0.3) is 16.5 Å². The second kappa shape index (κ2) is 12.8. The number of fused-ring (bicyclic) bond motifs is 1. The summed E-state index contributed by atoms with van der Waals surface area (Å²) in [5.74, 6) is -0.640. The Morgan fingerprint density at radius 2 is 1.76 bits per heavy atom. The van der Waals surface area contributed by atoms with E-state index < -0.39 is 5.97 Å². The van der Waals surface area contributed by atoms with Crippen LogP contribution in [-0.2, 0) is 9.59 Å². The molecule has 7 nitrogen and oxygen atoms in total. The first-order valence-electron chi connectivity index (χ1n) is 13.5. The molecule has 0 saturated heterocycles. The molecule has 0 aliphatic carbocycles. The Balaban J connectivity index is 1.35. The fourth-order valence-electron chi connectivity index (χ4n) is 4.87. The van der Waals surface area contributed by atoms with Crippen LogP contribution in [-0.4, -0.2) is 33.1 Å². The van der Waals surface area contributed by atoms with E-state index in [1.165, 1.54) is 5.56 Å². The number of nitrogens with zero attached hydrogens (tertiary/aromatic N) is 2. The van der Waals surface area contributed by atoms with Crippen molar-refractivity contribution in [3.8, 4) is 5.75 Å². The SMILES string of the molecule is C/C(=C\C(=O)Nc1ccccc1OCCCC(=O)O)c1ccc2c(ccn2C(c2ccccc2)c2cccnc2)c1. The Kier molecular flexibility index (Phi) is 8.55. The van der Waals surface area contributed by atoms with Gasteiger partial charge in [-0.3, -0.25) is 14.6 Å². The van der Waals surface area contributed by atoms with Crippen LogP contribution >= 0.6 is 0 Å². The molecule has 0 aliphatic rings. The molecule has 1 atom stereocenters. The largest absolute Gasteiger partial charge is 0.491 e. The first-order chi connectivity index (χ1) is 20.0. The van der Waals surface area contributed by atoms with Gasteiger partial charge in [-0.1, -0.05) is 54.6 Å². The Morgan fingerprint density at radius 3 is 2.54 bits per heavy atom. The molecule has 41 heavy (non-hydrogen) atoms. The highest BCUT2D eigenvalue weighted by molar-refractivity contribution is 6.05. The number of benzene rings is 3. The number of carboxylic acids is 1. The third-order valence-corrected chi connectivity index (χ3v) is 6.85. The summed E-state index contributed by atoms with van der Waals surface area (Å²) in [6, 6.07) is 29.8. The van der Waals surface area contributed by atoms with Crippen molar-refractivity contribution in [1.29, 1.82) is 0 Å². The number of hydrogen-bond acceptors (Lipinski definition) is 4. The molecule has 0 fully saturated rings. The van der Waals surface area contributed by atoms with Gasteiger partial charge in [0.1, 0.15) is 5.75 Å². The fourth-order valence-corrected chi connectivity index (χ4v) is 4.87. The minimum absolute atomic E-state index is 0.0259. The van der Waals surface area contributed by atoms with Gasteiger partial charge in [0, 0.05) is 42.0 Å². The molecule has 1 amide bonds. The third-order valence-electron chi connectivity index (χ3n) is 6.85. The molecule has 2 heterocycles. The zero-order valence-electron chi connectivity index (χ0n) is 22.7. The molecule has 0 saturated carbocycles. The number of pyridine rings is 1. The molecule has 0 aliphatic heterocycles. The van der Waals surface area contributed by atoms with Crippen LogP contribution in [0.4, 0.5) is 5.69 Å². The summed E-state index contributed by atoms with van der Waals surface area (Å²) in [7, 11) is 0. The van der Waals surface area contributed by atoms with Crippen molar-refractivity contribution in [2.45, 2.75) is 25.8 Å². The van der Waals surface area contributed by atoms with Crippen LogP contribution in [0.5, 0.6) is 5.75 Å². The second-order valence-electron chi connectivity index (χ2n) is 9.75. The molecular formula is C34H31N3O4. The van der Waals surface area contributed by atoms with Crippen molar-refractivity contribution in [2.24, 2.45) is 0 Å². The highest BCUT2D eigenvalue weighted by Gasteiger charge is 2.18. The van der Waals surface area contributed by atoms with Crippen molar-refractivity contribution >= 4 is 34.0 Å². The Labute approximate surface area is 238 Å². The average Bonchev–Trinajstić information content (AvgIpc) is 3.40. The number of carbonyl (C=O) groups excluding carboxylic acids is 1. The number of carboxylic acid groups (broad SMARTS) is 1. The number of aliphatic carboxylic acids is 1. The van der Waals surface area contributed by atoms with Gasteiger partial charge in [-0.05, 0) is 72.0 Å². The lowest BCUT2D eigenvalue weighted by atomic mass is 9.99. The molecule has 0 radical (unpaired) electrons. The van der Waals surface area contributed by atoms with Crippen molar-refractivity contribution < 1.29 is 19.4 Å². The van der Waals surface area contributed by atoms with Crippen molar-refractivity contribution in [3.05, 3.63) is 132 Å². The lowest BCUT2D eigenvalue weighted by molar-refractivity contribution is -0.137. The zero-order valence-corrected chi connectivity index (χ0v) is 22.7. The third kappa shape index (κ3) is 6.70. The first-order valence-corrected chi connectivity index (χ1v) is 13.5. The van der Waals surface area contributed by atoms with Crippen LogP contribution in [0, 0.1) is 0 Å². The van der Waals surface area contributed by atoms with Gasteiger partial charge in [0.2, 0.25) is 5.91 Å². The summed E-state index contributed by atoms with van der Waals surface area (Å²) in [6.07, 6.45) is 7.77. The molecule has 2 aromatic heterocycles. The molecule has 7 heteroatoms. The molecule has 1 unspecified atom stereocenters. The monoisotopic (exact) mass is 545 g/mol. The predicted molar refractivity (Wildman–Crippen MR) is 161 cm³/mol. The van der Waals surface area contributed by atoms with Crippen LogP contribution in [0.1, 0.15) is 42.5 Å². The highest BCUT2D eigenvalue weighted by atomic mass is 16.5. The van der Waals surface area contributed by atoms with E-state index in [9.17, 15) is 9.59 Å². The first kappa shape index (κ1) is 27.4. The van der Waals surface area contributed by atoms with E-state index in [4.69, 9.17) is 9.84 Å². The van der Waals surface area contributed by atoms with Gasteiger partial charge < -0.3 is 19.7 Å². The number of rotatable bonds is 11.